The molecule has 3 saturated heterocycles. The number of hydrogen-bond donors (Lipinski definition) is 1. The van der Waals surface area contributed by atoms with Crippen molar-refractivity contribution in [3.8, 4) is 0 Å². The zero-order valence-corrected chi connectivity index (χ0v) is 24.3. The van der Waals surface area contributed by atoms with E-state index in [1.165, 1.54) is 0 Å². The van der Waals surface area contributed by atoms with Gasteiger partial charge in [-0.3, -0.25) is 14.4 Å². The molecule has 2 bridgehead atoms. The topological polar surface area (TPSA) is 117 Å². The number of alkyl carbamates (subject to hydrolysis) is 1. The number of carbonyl (C=O) groups is 4. The van der Waals surface area contributed by atoms with Gasteiger partial charge >= 0.3 is 12.1 Å². The lowest BCUT2D eigenvalue weighted by Crippen LogP contribution is -2.58. The van der Waals surface area contributed by atoms with Crippen molar-refractivity contribution < 1.29 is 38.1 Å². The predicted octanol–water partition coefficient (Wildman–Crippen LogP) is 4.40. The number of benzene rings is 1. The molecule has 1 amide bonds. The molecule has 0 saturated carbocycles. The molecule has 1 N–H and O–H groups in total. The predicted molar refractivity (Wildman–Crippen MR) is 146 cm³/mol. The van der Waals surface area contributed by atoms with Crippen molar-refractivity contribution in [1.29, 1.82) is 0 Å². The van der Waals surface area contributed by atoms with E-state index in [1.807, 2.05) is 51.1 Å². The second-order valence-electron chi connectivity index (χ2n) is 11.9. The molecule has 1 aromatic rings. The highest BCUT2D eigenvalue weighted by atomic mass is 16.6. The van der Waals surface area contributed by atoms with Crippen LogP contribution in [0.25, 0.3) is 0 Å². The van der Waals surface area contributed by atoms with E-state index in [9.17, 15) is 19.2 Å². The molecule has 3 fully saturated rings. The van der Waals surface area contributed by atoms with Gasteiger partial charge in [0, 0.05) is 11.8 Å². The van der Waals surface area contributed by atoms with Crippen LogP contribution in [0.4, 0.5) is 4.79 Å². The van der Waals surface area contributed by atoms with Crippen molar-refractivity contribution in [3.05, 3.63) is 35.9 Å². The number of rotatable bonds is 7. The summed E-state index contributed by atoms with van der Waals surface area (Å²) >= 11 is 0. The summed E-state index contributed by atoms with van der Waals surface area (Å²) in [7, 11) is 0. The molecular formula is C31H43NO8. The van der Waals surface area contributed by atoms with E-state index >= 15 is 0 Å². The molecule has 9 nitrogen and oxygen atoms in total. The molecule has 220 valence electrons. The molecule has 3 aliphatic rings. The fourth-order valence-electron chi connectivity index (χ4n) is 6.80. The van der Waals surface area contributed by atoms with Gasteiger partial charge in [-0.15, -0.1) is 0 Å². The van der Waals surface area contributed by atoms with Crippen molar-refractivity contribution in [2.24, 2.45) is 23.7 Å². The summed E-state index contributed by atoms with van der Waals surface area (Å²) in [6.45, 7) is 9.50. The van der Waals surface area contributed by atoms with Crippen LogP contribution < -0.4 is 5.32 Å². The van der Waals surface area contributed by atoms with E-state index in [0.29, 0.717) is 32.3 Å². The minimum Gasteiger partial charge on any atom is -0.458 e. The van der Waals surface area contributed by atoms with Crippen molar-refractivity contribution in [3.63, 3.8) is 0 Å². The Kier molecular flexibility index (Phi) is 9.35. The minimum atomic E-state index is -1.35. The Labute approximate surface area is 236 Å². The van der Waals surface area contributed by atoms with Crippen molar-refractivity contribution in [1.82, 2.24) is 5.32 Å². The maximum atomic E-state index is 14.3. The molecule has 0 radical (unpaired) electrons. The molecule has 0 unspecified atom stereocenters. The normalized spacial score (nSPS) is 36.8. The third-order valence-corrected chi connectivity index (χ3v) is 8.91. The maximum Gasteiger partial charge on any atom is 0.408 e. The molecule has 3 aliphatic heterocycles. The molecule has 3 heterocycles. The van der Waals surface area contributed by atoms with Crippen molar-refractivity contribution >= 4 is 23.6 Å². The van der Waals surface area contributed by atoms with Gasteiger partial charge in [-0.05, 0) is 45.1 Å². The Morgan fingerprint density at radius 2 is 1.75 bits per heavy atom. The van der Waals surface area contributed by atoms with Gasteiger partial charge in [-0.25, -0.2) is 4.79 Å². The van der Waals surface area contributed by atoms with E-state index < -0.39 is 59.1 Å². The smallest absolute Gasteiger partial charge is 0.408 e. The van der Waals surface area contributed by atoms with Crippen LogP contribution in [0.15, 0.2) is 30.3 Å². The average molecular weight is 558 g/mol. The van der Waals surface area contributed by atoms with E-state index in [2.05, 4.69) is 5.32 Å². The standard InChI is InChI=1S/C31H43NO8/c1-6-13-31-14-19(3)25(33)20(4)28(35)39-24(7-2)30(5)27(32-29(36)40-30)23(26(34)22(15-31)17-38-31)18-37-16-21-11-9-8-10-12-21/h8-12,19-20,22-24,27H,6-7,13-18H2,1-5H3,(H,32,36)/t19-,20-,22+,23+,24-,27-,30-,31+/m1/s1. The lowest BCUT2D eigenvalue weighted by molar-refractivity contribution is -0.171. The first kappa shape index (κ1) is 30.2. The molecule has 0 aromatic heterocycles. The van der Waals surface area contributed by atoms with Crippen molar-refractivity contribution in [2.75, 3.05) is 13.2 Å². The van der Waals surface area contributed by atoms with Gasteiger partial charge in [0.15, 0.2) is 5.60 Å². The molecule has 9 heteroatoms. The molecule has 0 aliphatic carbocycles. The molecule has 40 heavy (non-hydrogen) atoms. The number of esters is 1. The van der Waals surface area contributed by atoms with Crippen LogP contribution in [0.3, 0.4) is 0 Å². The van der Waals surface area contributed by atoms with Gasteiger partial charge in [-0.2, -0.15) is 0 Å². The van der Waals surface area contributed by atoms with Crippen molar-refractivity contribution in [2.45, 2.75) is 96.7 Å². The number of Topliss-reactive ketones (excluding diaryl/α,β-unsaturated/α-hetero) is 2. The highest BCUT2D eigenvalue weighted by molar-refractivity contribution is 5.99. The van der Waals surface area contributed by atoms with Crippen LogP contribution in [0.1, 0.15) is 72.3 Å². The number of nitrogens with one attached hydrogen (secondary N) is 1. The van der Waals surface area contributed by atoms with E-state index in [0.717, 1.165) is 12.0 Å². The van der Waals surface area contributed by atoms with E-state index in [1.54, 1.807) is 13.8 Å². The van der Waals surface area contributed by atoms with Crippen LogP contribution in [-0.4, -0.2) is 60.2 Å². The highest BCUT2D eigenvalue weighted by Gasteiger charge is 2.58. The summed E-state index contributed by atoms with van der Waals surface area (Å²) in [5.41, 5.74) is -1.03. The SMILES string of the molecule is CCC[C@]12C[C@@H](CO1)C(=O)[C@H](COCc1ccccc1)[C@H]1NC(=O)O[C@]1(C)[C@@H](CC)OC(=O)[C@H](C)C(=O)[C@H](C)C2. The summed E-state index contributed by atoms with van der Waals surface area (Å²) in [6, 6.07) is 8.84. The second-order valence-corrected chi connectivity index (χ2v) is 11.9. The summed E-state index contributed by atoms with van der Waals surface area (Å²) in [5.74, 6) is -3.60. The molecule has 0 spiro atoms. The van der Waals surface area contributed by atoms with Crippen LogP contribution in [0, 0.1) is 23.7 Å². The Balaban J connectivity index is 1.72. The van der Waals surface area contributed by atoms with Crippen LogP contribution in [-0.2, 0) is 39.9 Å². The molecular weight excluding hydrogens is 514 g/mol. The van der Waals surface area contributed by atoms with Gasteiger partial charge in [0.2, 0.25) is 0 Å². The summed E-state index contributed by atoms with van der Waals surface area (Å²) in [6.07, 6.45) is 1.18. The zero-order valence-electron chi connectivity index (χ0n) is 24.3. The van der Waals surface area contributed by atoms with Gasteiger partial charge in [0.25, 0.3) is 0 Å². The first-order valence-electron chi connectivity index (χ1n) is 14.6. The summed E-state index contributed by atoms with van der Waals surface area (Å²) in [5, 5.41) is 2.84. The number of ether oxygens (including phenoxy) is 4. The van der Waals surface area contributed by atoms with Gasteiger partial charge in [0.1, 0.15) is 23.6 Å². The fraction of sp³-hybridized carbons (Fsp3) is 0.677. The Morgan fingerprint density at radius 3 is 2.42 bits per heavy atom. The Hall–Kier alpha value is -2.78. The molecule has 8 atom stereocenters. The monoisotopic (exact) mass is 557 g/mol. The van der Waals surface area contributed by atoms with Crippen LogP contribution in [0.5, 0.6) is 0 Å². The summed E-state index contributed by atoms with van der Waals surface area (Å²) in [4.78, 5) is 53.5. The van der Waals surface area contributed by atoms with E-state index in [4.69, 9.17) is 18.9 Å². The molecule has 4 rings (SSSR count). The van der Waals surface area contributed by atoms with Crippen LogP contribution in [0.2, 0.25) is 0 Å². The number of amides is 1. The Bertz CT molecular complexity index is 1090. The molecule has 1 aromatic carbocycles. The average Bonchev–Trinajstić information content (AvgIpc) is 3.48. The third-order valence-electron chi connectivity index (χ3n) is 8.91. The highest BCUT2D eigenvalue weighted by Crippen LogP contribution is 2.43. The lowest BCUT2D eigenvalue weighted by Gasteiger charge is -2.39. The number of cyclic esters (lactones) is 1. The quantitative estimate of drug-likeness (QED) is 0.387. The fourth-order valence-corrected chi connectivity index (χ4v) is 6.80. The first-order chi connectivity index (χ1) is 19.0. The van der Waals surface area contributed by atoms with E-state index in [-0.39, 0.29) is 24.8 Å². The van der Waals surface area contributed by atoms with Crippen LogP contribution >= 0.6 is 0 Å². The summed E-state index contributed by atoms with van der Waals surface area (Å²) < 4.78 is 24.1. The van der Waals surface area contributed by atoms with Gasteiger partial charge in [-0.1, -0.05) is 57.5 Å². The number of ketones is 2. The minimum absolute atomic E-state index is 0.0462. The number of carbonyl (C=O) groups excluding carboxylic acids is 4. The van der Waals surface area contributed by atoms with Gasteiger partial charge < -0.3 is 24.3 Å². The Morgan fingerprint density at radius 1 is 1.02 bits per heavy atom. The third kappa shape index (κ3) is 6.10. The first-order valence-corrected chi connectivity index (χ1v) is 14.6. The number of fused-ring (bicyclic) bond motifs is 3. The maximum absolute atomic E-state index is 14.3. The largest absolute Gasteiger partial charge is 0.458 e. The second kappa shape index (κ2) is 12.4. The lowest BCUT2D eigenvalue weighted by atomic mass is 9.74. The van der Waals surface area contributed by atoms with Gasteiger partial charge in [0.05, 0.1) is 37.4 Å². The zero-order chi connectivity index (χ0) is 29.1. The number of hydrogen-bond acceptors (Lipinski definition) is 8.